The molecule has 0 amide bonds. The Morgan fingerprint density at radius 2 is 1.71 bits per heavy atom. The van der Waals surface area contributed by atoms with Crippen LogP contribution in [0.1, 0.15) is 17.9 Å². The van der Waals surface area contributed by atoms with Crippen molar-refractivity contribution in [3.05, 3.63) is 23.8 Å². The predicted octanol–water partition coefficient (Wildman–Crippen LogP) is 1.52. The molecule has 1 aliphatic rings. The topological polar surface area (TPSA) is 44.5 Å². The van der Waals surface area contributed by atoms with Crippen LogP contribution in [0.25, 0.3) is 0 Å². The van der Waals surface area contributed by atoms with Gasteiger partial charge in [-0.1, -0.05) is 6.07 Å². The molecule has 0 heterocycles. The van der Waals surface area contributed by atoms with Crippen LogP contribution in [0.15, 0.2) is 18.2 Å². The van der Waals surface area contributed by atoms with E-state index < -0.39 is 0 Å². The number of methoxy groups -OCH3 is 2. The Kier molecular flexibility index (Phi) is 2.33. The van der Waals surface area contributed by atoms with E-state index in [-0.39, 0.29) is 6.04 Å². The second-order valence-electron chi connectivity index (χ2n) is 3.58. The highest BCUT2D eigenvalue weighted by Crippen LogP contribution is 2.47. The predicted molar refractivity (Wildman–Crippen MR) is 54.9 cm³/mol. The first-order valence-corrected chi connectivity index (χ1v) is 4.74. The molecule has 2 N–H and O–H groups in total. The first-order chi connectivity index (χ1) is 6.77. The van der Waals surface area contributed by atoms with E-state index in [2.05, 4.69) is 0 Å². The van der Waals surface area contributed by atoms with Gasteiger partial charge in [0.1, 0.15) is 11.5 Å². The fourth-order valence-corrected chi connectivity index (χ4v) is 1.79. The molecule has 0 unspecified atom stereocenters. The standard InChI is InChI=1S/C11H15NO2/c1-13-9-4-3-5-10(14-2)11(9)7-6-8(7)12/h3-5,7-8H,6,12H2,1-2H3/t7-,8-/m1/s1. The second-order valence-corrected chi connectivity index (χ2v) is 3.58. The molecule has 3 heteroatoms. The lowest BCUT2D eigenvalue weighted by Gasteiger charge is -2.12. The first-order valence-electron chi connectivity index (χ1n) is 4.74. The number of hydrogen-bond acceptors (Lipinski definition) is 3. The van der Waals surface area contributed by atoms with E-state index >= 15 is 0 Å². The van der Waals surface area contributed by atoms with Crippen LogP contribution < -0.4 is 15.2 Å². The molecule has 1 aromatic carbocycles. The van der Waals surface area contributed by atoms with Crippen molar-refractivity contribution in [3.63, 3.8) is 0 Å². The fourth-order valence-electron chi connectivity index (χ4n) is 1.79. The fraction of sp³-hybridized carbons (Fsp3) is 0.455. The number of hydrogen-bond donors (Lipinski definition) is 1. The quantitative estimate of drug-likeness (QED) is 0.791. The minimum Gasteiger partial charge on any atom is -0.496 e. The molecule has 0 bridgehead atoms. The highest BCUT2D eigenvalue weighted by atomic mass is 16.5. The van der Waals surface area contributed by atoms with E-state index in [0.717, 1.165) is 23.5 Å². The third-order valence-electron chi connectivity index (χ3n) is 2.68. The third kappa shape index (κ3) is 1.44. The highest BCUT2D eigenvalue weighted by molar-refractivity contribution is 5.50. The van der Waals surface area contributed by atoms with Crippen molar-refractivity contribution in [1.82, 2.24) is 0 Å². The largest absolute Gasteiger partial charge is 0.496 e. The molecule has 14 heavy (non-hydrogen) atoms. The van der Waals surface area contributed by atoms with Gasteiger partial charge in [-0.15, -0.1) is 0 Å². The molecule has 1 fully saturated rings. The van der Waals surface area contributed by atoms with Crippen molar-refractivity contribution in [2.75, 3.05) is 14.2 Å². The Morgan fingerprint density at radius 3 is 2.07 bits per heavy atom. The van der Waals surface area contributed by atoms with Crippen LogP contribution in [-0.2, 0) is 0 Å². The molecule has 0 aliphatic heterocycles. The number of ether oxygens (including phenoxy) is 2. The summed E-state index contributed by atoms with van der Waals surface area (Å²) in [6.45, 7) is 0. The van der Waals surface area contributed by atoms with Crippen LogP contribution in [0.5, 0.6) is 11.5 Å². The third-order valence-corrected chi connectivity index (χ3v) is 2.68. The molecule has 0 radical (unpaired) electrons. The summed E-state index contributed by atoms with van der Waals surface area (Å²) < 4.78 is 10.6. The summed E-state index contributed by atoms with van der Waals surface area (Å²) in [4.78, 5) is 0. The van der Waals surface area contributed by atoms with Gasteiger partial charge < -0.3 is 15.2 Å². The van der Waals surface area contributed by atoms with Gasteiger partial charge in [-0.25, -0.2) is 0 Å². The van der Waals surface area contributed by atoms with Crippen molar-refractivity contribution < 1.29 is 9.47 Å². The van der Waals surface area contributed by atoms with E-state index in [4.69, 9.17) is 15.2 Å². The molecule has 1 aliphatic carbocycles. The lowest BCUT2D eigenvalue weighted by atomic mass is 10.1. The van der Waals surface area contributed by atoms with Crippen molar-refractivity contribution in [1.29, 1.82) is 0 Å². The van der Waals surface area contributed by atoms with Crippen LogP contribution in [-0.4, -0.2) is 20.3 Å². The number of benzene rings is 1. The molecule has 1 aromatic rings. The monoisotopic (exact) mass is 193 g/mol. The Labute approximate surface area is 83.8 Å². The SMILES string of the molecule is COc1cccc(OC)c1[C@@H]1C[C@H]1N. The van der Waals surface area contributed by atoms with Crippen molar-refractivity contribution in [2.45, 2.75) is 18.4 Å². The normalized spacial score (nSPS) is 24.5. The van der Waals surface area contributed by atoms with Crippen LogP contribution >= 0.6 is 0 Å². The first kappa shape index (κ1) is 9.34. The van der Waals surface area contributed by atoms with E-state index in [9.17, 15) is 0 Å². The van der Waals surface area contributed by atoms with Crippen molar-refractivity contribution in [3.8, 4) is 11.5 Å². The summed E-state index contributed by atoms with van der Waals surface area (Å²) >= 11 is 0. The molecule has 76 valence electrons. The Hall–Kier alpha value is -1.22. The molecule has 1 saturated carbocycles. The van der Waals surface area contributed by atoms with Gasteiger partial charge >= 0.3 is 0 Å². The zero-order chi connectivity index (χ0) is 10.1. The minimum atomic E-state index is 0.264. The second kappa shape index (κ2) is 3.50. The average Bonchev–Trinajstić information content (AvgIpc) is 2.93. The summed E-state index contributed by atoms with van der Waals surface area (Å²) in [5.74, 6) is 2.16. The lowest BCUT2D eigenvalue weighted by Crippen LogP contribution is -2.03. The lowest BCUT2D eigenvalue weighted by molar-refractivity contribution is 0.385. The Morgan fingerprint density at radius 1 is 1.21 bits per heavy atom. The molecule has 0 aromatic heterocycles. The zero-order valence-electron chi connectivity index (χ0n) is 8.49. The summed E-state index contributed by atoms with van der Waals surface area (Å²) in [6.07, 6.45) is 1.02. The van der Waals surface area contributed by atoms with Crippen molar-refractivity contribution >= 4 is 0 Å². The van der Waals surface area contributed by atoms with Gasteiger partial charge in [0.15, 0.2) is 0 Å². The Bertz CT molecular complexity index is 316. The van der Waals surface area contributed by atoms with Gasteiger partial charge in [-0.05, 0) is 18.6 Å². The molecule has 3 nitrogen and oxygen atoms in total. The van der Waals surface area contributed by atoms with Crippen LogP contribution in [0.2, 0.25) is 0 Å². The minimum absolute atomic E-state index is 0.264. The maximum absolute atomic E-state index is 5.83. The van der Waals surface area contributed by atoms with Gasteiger partial charge in [-0.3, -0.25) is 0 Å². The van der Waals surface area contributed by atoms with Gasteiger partial charge in [0, 0.05) is 17.5 Å². The molecule has 0 saturated heterocycles. The molecular formula is C11H15NO2. The molecule has 2 rings (SSSR count). The van der Waals surface area contributed by atoms with E-state index in [1.54, 1.807) is 14.2 Å². The molecular weight excluding hydrogens is 178 g/mol. The van der Waals surface area contributed by atoms with Gasteiger partial charge in [-0.2, -0.15) is 0 Å². The van der Waals surface area contributed by atoms with Crippen LogP contribution in [0.3, 0.4) is 0 Å². The highest BCUT2D eigenvalue weighted by Gasteiger charge is 2.39. The number of nitrogens with two attached hydrogens (primary N) is 1. The summed E-state index contributed by atoms with van der Waals surface area (Å²) in [5, 5.41) is 0. The molecule has 2 atom stereocenters. The summed E-state index contributed by atoms with van der Waals surface area (Å²) in [5.41, 5.74) is 6.95. The van der Waals surface area contributed by atoms with E-state index in [1.165, 1.54) is 0 Å². The maximum Gasteiger partial charge on any atom is 0.126 e. The molecule has 0 spiro atoms. The van der Waals surface area contributed by atoms with Gasteiger partial charge in [0.05, 0.1) is 14.2 Å². The summed E-state index contributed by atoms with van der Waals surface area (Å²) in [7, 11) is 3.35. The summed E-state index contributed by atoms with van der Waals surface area (Å²) in [6, 6.07) is 6.08. The zero-order valence-corrected chi connectivity index (χ0v) is 8.49. The maximum atomic E-state index is 5.83. The number of rotatable bonds is 3. The van der Waals surface area contributed by atoms with Crippen LogP contribution in [0, 0.1) is 0 Å². The van der Waals surface area contributed by atoms with Crippen LogP contribution in [0.4, 0.5) is 0 Å². The average molecular weight is 193 g/mol. The Balaban J connectivity index is 2.41. The van der Waals surface area contributed by atoms with Gasteiger partial charge in [0.25, 0.3) is 0 Å². The van der Waals surface area contributed by atoms with E-state index in [1.807, 2.05) is 18.2 Å². The van der Waals surface area contributed by atoms with Gasteiger partial charge in [0.2, 0.25) is 0 Å². The smallest absolute Gasteiger partial charge is 0.126 e. The van der Waals surface area contributed by atoms with Crippen molar-refractivity contribution in [2.24, 2.45) is 5.73 Å². The van der Waals surface area contributed by atoms with E-state index in [0.29, 0.717) is 5.92 Å².